The van der Waals surface area contributed by atoms with E-state index in [2.05, 4.69) is 15.3 Å². The summed E-state index contributed by atoms with van der Waals surface area (Å²) in [4.78, 5) is 7.72. The van der Waals surface area contributed by atoms with E-state index in [1.807, 2.05) is 13.0 Å². The quantitative estimate of drug-likeness (QED) is 0.866. The highest BCUT2D eigenvalue weighted by Gasteiger charge is 2.20. The number of aromatic nitrogens is 2. The standard InChI is InChI=1S/C15H18FN3/c1-10-15(12-4-2-3-5-13(12)16)19-14(18-10)9-17-8-11-6-7-11/h2-5,11,17H,6-9H2,1H3,(H,18,19). The molecule has 0 atom stereocenters. The van der Waals surface area contributed by atoms with Gasteiger partial charge < -0.3 is 10.3 Å². The monoisotopic (exact) mass is 259 g/mol. The zero-order chi connectivity index (χ0) is 13.2. The fourth-order valence-corrected chi connectivity index (χ4v) is 2.24. The van der Waals surface area contributed by atoms with Gasteiger partial charge in [-0.15, -0.1) is 0 Å². The number of imidazole rings is 1. The fraction of sp³-hybridized carbons (Fsp3) is 0.400. The Hall–Kier alpha value is -1.68. The van der Waals surface area contributed by atoms with Crippen LogP contribution in [0.2, 0.25) is 0 Å². The van der Waals surface area contributed by atoms with Crippen molar-refractivity contribution in [1.29, 1.82) is 0 Å². The van der Waals surface area contributed by atoms with E-state index < -0.39 is 0 Å². The molecule has 1 aromatic heterocycles. The van der Waals surface area contributed by atoms with Gasteiger partial charge in [-0.25, -0.2) is 9.37 Å². The lowest BCUT2D eigenvalue weighted by Gasteiger charge is -2.00. The highest BCUT2D eigenvalue weighted by atomic mass is 19.1. The van der Waals surface area contributed by atoms with Crippen molar-refractivity contribution in [1.82, 2.24) is 15.3 Å². The van der Waals surface area contributed by atoms with E-state index in [0.717, 1.165) is 24.0 Å². The summed E-state index contributed by atoms with van der Waals surface area (Å²) in [7, 11) is 0. The SMILES string of the molecule is Cc1[nH]c(CNCC2CC2)nc1-c1ccccc1F. The van der Waals surface area contributed by atoms with Crippen LogP contribution in [0.1, 0.15) is 24.4 Å². The molecule has 0 bridgehead atoms. The number of benzene rings is 1. The molecule has 19 heavy (non-hydrogen) atoms. The van der Waals surface area contributed by atoms with Crippen LogP contribution in [0.15, 0.2) is 24.3 Å². The third-order valence-electron chi connectivity index (χ3n) is 3.49. The van der Waals surface area contributed by atoms with Crippen LogP contribution in [0.4, 0.5) is 4.39 Å². The Morgan fingerprint density at radius 3 is 2.89 bits per heavy atom. The first-order valence-corrected chi connectivity index (χ1v) is 6.75. The van der Waals surface area contributed by atoms with Crippen LogP contribution in [0.25, 0.3) is 11.3 Å². The number of rotatable bonds is 5. The maximum Gasteiger partial charge on any atom is 0.132 e. The molecule has 100 valence electrons. The molecule has 4 heteroatoms. The molecule has 3 rings (SSSR count). The third-order valence-corrected chi connectivity index (χ3v) is 3.49. The predicted molar refractivity (Wildman–Crippen MR) is 73.1 cm³/mol. The summed E-state index contributed by atoms with van der Waals surface area (Å²) >= 11 is 0. The topological polar surface area (TPSA) is 40.7 Å². The molecule has 0 amide bonds. The second-order valence-corrected chi connectivity index (χ2v) is 5.21. The molecular weight excluding hydrogens is 241 g/mol. The average molecular weight is 259 g/mol. The zero-order valence-electron chi connectivity index (χ0n) is 11.0. The van der Waals surface area contributed by atoms with Gasteiger partial charge in [0.25, 0.3) is 0 Å². The Labute approximate surface area is 112 Å². The first-order chi connectivity index (χ1) is 9.24. The molecule has 2 aromatic rings. The van der Waals surface area contributed by atoms with Crippen LogP contribution < -0.4 is 5.32 Å². The van der Waals surface area contributed by atoms with Gasteiger partial charge in [0.1, 0.15) is 11.6 Å². The Balaban J connectivity index is 1.75. The molecule has 3 nitrogen and oxygen atoms in total. The number of aromatic amines is 1. The van der Waals surface area contributed by atoms with Crippen molar-refractivity contribution in [3.8, 4) is 11.3 Å². The number of hydrogen-bond donors (Lipinski definition) is 2. The molecule has 0 spiro atoms. The smallest absolute Gasteiger partial charge is 0.132 e. The first-order valence-electron chi connectivity index (χ1n) is 6.75. The summed E-state index contributed by atoms with van der Waals surface area (Å²) < 4.78 is 13.8. The summed E-state index contributed by atoms with van der Waals surface area (Å²) in [6.07, 6.45) is 2.68. The maximum absolute atomic E-state index is 13.8. The zero-order valence-corrected chi connectivity index (χ0v) is 11.0. The molecule has 1 aromatic carbocycles. The van der Waals surface area contributed by atoms with E-state index in [9.17, 15) is 4.39 Å². The number of hydrogen-bond acceptors (Lipinski definition) is 2. The Morgan fingerprint density at radius 2 is 2.16 bits per heavy atom. The normalized spacial score (nSPS) is 14.8. The van der Waals surface area contributed by atoms with Gasteiger partial charge in [0.15, 0.2) is 0 Å². The van der Waals surface area contributed by atoms with E-state index >= 15 is 0 Å². The van der Waals surface area contributed by atoms with Crippen LogP contribution in [-0.4, -0.2) is 16.5 Å². The summed E-state index contributed by atoms with van der Waals surface area (Å²) in [5.74, 6) is 1.49. The Morgan fingerprint density at radius 1 is 1.37 bits per heavy atom. The van der Waals surface area contributed by atoms with Crippen molar-refractivity contribution < 1.29 is 4.39 Å². The van der Waals surface area contributed by atoms with Gasteiger partial charge in [0, 0.05) is 11.3 Å². The summed E-state index contributed by atoms with van der Waals surface area (Å²) in [5, 5.41) is 3.38. The predicted octanol–water partition coefficient (Wildman–Crippen LogP) is 3.02. The number of halogens is 1. The van der Waals surface area contributed by atoms with Crippen molar-refractivity contribution in [2.75, 3.05) is 6.54 Å². The van der Waals surface area contributed by atoms with Gasteiger partial charge in [0.05, 0.1) is 12.2 Å². The Bertz CT molecular complexity index is 573. The number of nitrogens with zero attached hydrogens (tertiary/aromatic N) is 1. The minimum absolute atomic E-state index is 0.227. The average Bonchev–Trinajstić information content (AvgIpc) is 3.14. The minimum Gasteiger partial charge on any atom is -0.344 e. The minimum atomic E-state index is -0.227. The second-order valence-electron chi connectivity index (χ2n) is 5.21. The second kappa shape index (κ2) is 5.13. The molecule has 0 aliphatic heterocycles. The number of nitrogens with one attached hydrogen (secondary N) is 2. The van der Waals surface area contributed by atoms with Crippen LogP contribution in [0.5, 0.6) is 0 Å². The van der Waals surface area contributed by atoms with Gasteiger partial charge in [-0.05, 0) is 44.4 Å². The van der Waals surface area contributed by atoms with Crippen molar-refractivity contribution in [3.05, 3.63) is 41.6 Å². The highest BCUT2D eigenvalue weighted by Crippen LogP contribution is 2.28. The summed E-state index contributed by atoms with van der Waals surface area (Å²) in [6, 6.07) is 6.75. The lowest BCUT2D eigenvalue weighted by Crippen LogP contribution is -2.16. The third kappa shape index (κ3) is 2.84. The van der Waals surface area contributed by atoms with Gasteiger partial charge in [-0.1, -0.05) is 12.1 Å². The van der Waals surface area contributed by atoms with Crippen LogP contribution in [0, 0.1) is 18.7 Å². The van der Waals surface area contributed by atoms with Gasteiger partial charge >= 0.3 is 0 Å². The molecular formula is C15H18FN3. The molecule has 1 saturated carbocycles. The van der Waals surface area contributed by atoms with E-state index in [1.165, 1.54) is 18.9 Å². The van der Waals surface area contributed by atoms with Crippen molar-refractivity contribution in [3.63, 3.8) is 0 Å². The molecule has 0 radical (unpaired) electrons. The maximum atomic E-state index is 13.8. The highest BCUT2D eigenvalue weighted by molar-refractivity contribution is 5.62. The van der Waals surface area contributed by atoms with Crippen molar-refractivity contribution in [2.45, 2.75) is 26.3 Å². The van der Waals surface area contributed by atoms with Crippen LogP contribution in [0.3, 0.4) is 0 Å². The van der Waals surface area contributed by atoms with E-state index in [1.54, 1.807) is 12.1 Å². The first kappa shape index (κ1) is 12.4. The van der Waals surface area contributed by atoms with Crippen molar-refractivity contribution >= 4 is 0 Å². The molecule has 1 heterocycles. The molecule has 1 fully saturated rings. The van der Waals surface area contributed by atoms with Gasteiger partial charge in [-0.3, -0.25) is 0 Å². The summed E-state index contributed by atoms with van der Waals surface area (Å²) in [5.41, 5.74) is 2.18. The van der Waals surface area contributed by atoms with Gasteiger partial charge in [0.2, 0.25) is 0 Å². The van der Waals surface area contributed by atoms with E-state index in [4.69, 9.17) is 0 Å². The van der Waals surface area contributed by atoms with E-state index in [0.29, 0.717) is 17.8 Å². The van der Waals surface area contributed by atoms with E-state index in [-0.39, 0.29) is 5.82 Å². The molecule has 1 aliphatic carbocycles. The van der Waals surface area contributed by atoms with Crippen LogP contribution >= 0.6 is 0 Å². The van der Waals surface area contributed by atoms with Crippen LogP contribution in [-0.2, 0) is 6.54 Å². The molecule has 2 N–H and O–H groups in total. The lowest BCUT2D eigenvalue weighted by atomic mass is 10.1. The van der Waals surface area contributed by atoms with Gasteiger partial charge in [-0.2, -0.15) is 0 Å². The fourth-order valence-electron chi connectivity index (χ4n) is 2.24. The largest absolute Gasteiger partial charge is 0.344 e. The Kier molecular flexibility index (Phi) is 3.34. The number of aryl methyl sites for hydroxylation is 1. The molecule has 0 saturated heterocycles. The lowest BCUT2D eigenvalue weighted by molar-refractivity contribution is 0.622. The molecule has 1 aliphatic rings. The molecule has 0 unspecified atom stereocenters. The number of H-pyrrole nitrogens is 1. The van der Waals surface area contributed by atoms with Crippen molar-refractivity contribution in [2.24, 2.45) is 5.92 Å². The summed E-state index contributed by atoms with van der Waals surface area (Å²) in [6.45, 7) is 3.69.